The molecule has 2 rings (SSSR count). The molecule has 0 aliphatic rings. The number of nitrogens with zero attached hydrogens (tertiary/aromatic N) is 4. The SMILES string of the molecule is Cc1noc([C@@H](C)S[C@@H](C)c2nnc(CC(C)C)o2)n1. The van der Waals surface area contributed by atoms with Crippen molar-refractivity contribution in [2.24, 2.45) is 5.92 Å². The molecule has 0 saturated heterocycles. The van der Waals surface area contributed by atoms with Gasteiger partial charge in [-0.05, 0) is 26.7 Å². The molecule has 0 aliphatic heterocycles. The maximum Gasteiger partial charge on any atom is 0.239 e. The molecule has 0 amide bonds. The number of hydrogen-bond donors (Lipinski definition) is 0. The second kappa shape index (κ2) is 6.39. The van der Waals surface area contributed by atoms with E-state index < -0.39 is 0 Å². The van der Waals surface area contributed by atoms with Crippen LogP contribution in [-0.2, 0) is 6.42 Å². The van der Waals surface area contributed by atoms with Crippen LogP contribution in [0.2, 0.25) is 0 Å². The van der Waals surface area contributed by atoms with Crippen LogP contribution in [0.4, 0.5) is 0 Å². The minimum atomic E-state index is 0.0885. The van der Waals surface area contributed by atoms with E-state index >= 15 is 0 Å². The molecule has 0 saturated carbocycles. The van der Waals surface area contributed by atoms with Crippen LogP contribution in [0.1, 0.15) is 61.7 Å². The Morgan fingerprint density at radius 3 is 2.35 bits per heavy atom. The number of thioether (sulfide) groups is 1. The highest BCUT2D eigenvalue weighted by atomic mass is 32.2. The standard InChI is InChI=1S/C13H20N4O2S/c1-7(2)6-11-15-16-13(18-11)9(4)20-8(3)12-14-10(5)17-19-12/h7-9H,6H2,1-5H3/t8-,9+/m1/s1. The number of rotatable bonds is 6. The summed E-state index contributed by atoms with van der Waals surface area (Å²) in [6.07, 6.45) is 0.808. The van der Waals surface area contributed by atoms with Crippen molar-refractivity contribution in [1.29, 1.82) is 0 Å². The lowest BCUT2D eigenvalue weighted by molar-refractivity contribution is 0.376. The van der Waals surface area contributed by atoms with Crippen molar-refractivity contribution < 1.29 is 8.94 Å². The van der Waals surface area contributed by atoms with Crippen molar-refractivity contribution in [3.63, 3.8) is 0 Å². The number of aromatic nitrogens is 4. The van der Waals surface area contributed by atoms with Gasteiger partial charge in [0.25, 0.3) is 0 Å². The van der Waals surface area contributed by atoms with Crippen molar-refractivity contribution in [3.8, 4) is 0 Å². The van der Waals surface area contributed by atoms with Crippen LogP contribution in [0.25, 0.3) is 0 Å². The second-order valence-corrected chi connectivity index (χ2v) is 6.92. The van der Waals surface area contributed by atoms with Crippen molar-refractivity contribution >= 4 is 11.8 Å². The van der Waals surface area contributed by atoms with Gasteiger partial charge in [0.15, 0.2) is 5.82 Å². The Kier molecular flexibility index (Phi) is 4.80. The summed E-state index contributed by atoms with van der Waals surface area (Å²) < 4.78 is 10.9. The predicted molar refractivity (Wildman–Crippen MR) is 76.3 cm³/mol. The molecule has 2 aromatic rings. The number of aryl methyl sites for hydroxylation is 1. The molecule has 0 radical (unpaired) electrons. The van der Waals surface area contributed by atoms with Crippen LogP contribution >= 0.6 is 11.8 Å². The Labute approximate surface area is 122 Å². The van der Waals surface area contributed by atoms with Gasteiger partial charge < -0.3 is 8.94 Å². The summed E-state index contributed by atoms with van der Waals surface area (Å²) in [5.41, 5.74) is 0. The largest absolute Gasteiger partial charge is 0.424 e. The first-order chi connectivity index (χ1) is 9.45. The van der Waals surface area contributed by atoms with Crippen molar-refractivity contribution in [2.45, 2.75) is 51.5 Å². The molecule has 0 aliphatic carbocycles. The monoisotopic (exact) mass is 296 g/mol. The first-order valence-electron chi connectivity index (χ1n) is 6.73. The molecule has 110 valence electrons. The summed E-state index contributed by atoms with van der Waals surface area (Å²) in [5.74, 6) is 3.13. The van der Waals surface area contributed by atoms with Gasteiger partial charge in [0.1, 0.15) is 0 Å². The fourth-order valence-electron chi connectivity index (χ4n) is 1.76. The van der Waals surface area contributed by atoms with E-state index in [2.05, 4.69) is 34.2 Å². The van der Waals surface area contributed by atoms with Crippen LogP contribution in [0, 0.1) is 12.8 Å². The summed E-state index contributed by atoms with van der Waals surface area (Å²) in [7, 11) is 0. The molecule has 0 bridgehead atoms. The summed E-state index contributed by atoms with van der Waals surface area (Å²) in [6.45, 7) is 10.1. The maximum atomic E-state index is 5.69. The molecule has 0 N–H and O–H groups in total. The zero-order chi connectivity index (χ0) is 14.7. The van der Waals surface area contributed by atoms with Crippen molar-refractivity contribution in [1.82, 2.24) is 20.3 Å². The fourth-order valence-corrected chi connectivity index (χ4v) is 2.80. The Balaban J connectivity index is 1.97. The first kappa shape index (κ1) is 15.0. The summed E-state index contributed by atoms with van der Waals surface area (Å²) >= 11 is 1.66. The third-order valence-electron chi connectivity index (χ3n) is 2.71. The molecule has 6 nitrogen and oxygen atoms in total. The van der Waals surface area contributed by atoms with Crippen LogP contribution < -0.4 is 0 Å². The minimum absolute atomic E-state index is 0.0885. The van der Waals surface area contributed by atoms with Gasteiger partial charge in [-0.2, -0.15) is 4.98 Å². The molecule has 0 aromatic carbocycles. The van der Waals surface area contributed by atoms with Crippen LogP contribution in [0.15, 0.2) is 8.94 Å². The Hall–Kier alpha value is -1.37. The maximum absolute atomic E-state index is 5.69. The summed E-state index contributed by atoms with van der Waals surface area (Å²) in [5, 5.41) is 12.2. The minimum Gasteiger partial charge on any atom is -0.424 e. The number of hydrogen-bond acceptors (Lipinski definition) is 7. The zero-order valence-corrected chi connectivity index (χ0v) is 13.3. The molecular formula is C13H20N4O2S. The quantitative estimate of drug-likeness (QED) is 0.807. The third kappa shape index (κ3) is 3.82. The lowest BCUT2D eigenvalue weighted by Crippen LogP contribution is -1.95. The van der Waals surface area contributed by atoms with E-state index in [1.165, 1.54) is 0 Å². The van der Waals surface area contributed by atoms with Crippen molar-refractivity contribution in [3.05, 3.63) is 23.5 Å². The van der Waals surface area contributed by atoms with E-state index in [0.29, 0.717) is 29.4 Å². The molecular weight excluding hydrogens is 276 g/mol. The van der Waals surface area contributed by atoms with E-state index in [0.717, 1.165) is 6.42 Å². The highest BCUT2D eigenvalue weighted by Gasteiger charge is 2.21. The Bertz CT molecular complexity index is 552. The van der Waals surface area contributed by atoms with Gasteiger partial charge in [0.2, 0.25) is 17.7 Å². The van der Waals surface area contributed by atoms with Crippen molar-refractivity contribution in [2.75, 3.05) is 0 Å². The highest BCUT2D eigenvalue weighted by Crippen LogP contribution is 2.38. The molecule has 0 spiro atoms. The van der Waals surface area contributed by atoms with Gasteiger partial charge in [-0.25, -0.2) is 0 Å². The van der Waals surface area contributed by atoms with Crippen LogP contribution in [-0.4, -0.2) is 20.3 Å². The third-order valence-corrected chi connectivity index (χ3v) is 3.93. The Morgan fingerprint density at radius 1 is 1.05 bits per heavy atom. The van der Waals surface area contributed by atoms with Gasteiger partial charge >= 0.3 is 0 Å². The smallest absolute Gasteiger partial charge is 0.239 e. The van der Waals surface area contributed by atoms with E-state index in [4.69, 9.17) is 8.94 Å². The molecule has 7 heteroatoms. The van der Waals surface area contributed by atoms with Crippen LogP contribution in [0.5, 0.6) is 0 Å². The lowest BCUT2D eigenvalue weighted by Gasteiger charge is -2.10. The average Bonchev–Trinajstić information content (AvgIpc) is 2.97. The van der Waals surface area contributed by atoms with E-state index in [9.17, 15) is 0 Å². The van der Waals surface area contributed by atoms with Gasteiger partial charge in [-0.15, -0.1) is 22.0 Å². The molecule has 0 fully saturated rings. The Morgan fingerprint density at radius 2 is 1.75 bits per heavy atom. The zero-order valence-electron chi connectivity index (χ0n) is 12.5. The van der Waals surface area contributed by atoms with Gasteiger partial charge in [0.05, 0.1) is 10.5 Å². The predicted octanol–water partition coefficient (Wildman–Crippen LogP) is 3.51. The molecule has 2 atom stereocenters. The fraction of sp³-hybridized carbons (Fsp3) is 0.692. The summed E-state index contributed by atoms with van der Waals surface area (Å²) in [4.78, 5) is 4.24. The normalized spacial score (nSPS) is 14.7. The van der Waals surface area contributed by atoms with E-state index in [1.54, 1.807) is 11.8 Å². The summed E-state index contributed by atoms with van der Waals surface area (Å²) in [6, 6.07) is 0. The molecule has 0 unspecified atom stereocenters. The molecule has 2 aromatic heterocycles. The van der Waals surface area contributed by atoms with E-state index in [1.807, 2.05) is 20.8 Å². The average molecular weight is 296 g/mol. The van der Waals surface area contributed by atoms with Gasteiger partial charge in [-0.3, -0.25) is 0 Å². The topological polar surface area (TPSA) is 77.8 Å². The van der Waals surface area contributed by atoms with E-state index in [-0.39, 0.29) is 10.5 Å². The second-order valence-electron chi connectivity index (χ2n) is 5.23. The van der Waals surface area contributed by atoms with Gasteiger partial charge in [-0.1, -0.05) is 19.0 Å². The first-order valence-corrected chi connectivity index (χ1v) is 7.68. The van der Waals surface area contributed by atoms with Crippen LogP contribution in [0.3, 0.4) is 0 Å². The lowest BCUT2D eigenvalue weighted by atomic mass is 10.1. The highest BCUT2D eigenvalue weighted by molar-refractivity contribution is 7.99. The van der Waals surface area contributed by atoms with Gasteiger partial charge in [0, 0.05) is 6.42 Å². The molecule has 2 heterocycles. The molecule has 20 heavy (non-hydrogen) atoms.